The number of carboxylic acid groups (broad SMARTS) is 1. The monoisotopic (exact) mass is 288 g/mol. The van der Waals surface area contributed by atoms with Crippen molar-refractivity contribution in [1.29, 1.82) is 0 Å². The molecule has 9 heteroatoms. The maximum absolute atomic E-state index is 11.9. The number of carboxylic acids is 1. The highest BCUT2D eigenvalue weighted by Crippen LogP contribution is 2.03. The number of β-amino-alcohol motifs (C(OH)–C–C–N with tert-alkyl or cyclic N) is 1. The lowest BCUT2D eigenvalue weighted by atomic mass is 10.2. The first-order valence-corrected chi connectivity index (χ1v) is 6.33. The normalized spacial score (nSPS) is 17.6. The lowest BCUT2D eigenvalue weighted by Gasteiger charge is -2.34. The van der Waals surface area contributed by atoms with Gasteiger partial charge in [0, 0.05) is 32.7 Å². The first kappa shape index (κ1) is 16.2. The number of hydrogen-bond donors (Lipinski definition) is 4. The van der Waals surface area contributed by atoms with Crippen molar-refractivity contribution in [3.8, 4) is 0 Å². The smallest absolute Gasteiger partial charge is 0.326 e. The van der Waals surface area contributed by atoms with Gasteiger partial charge >= 0.3 is 12.0 Å². The predicted octanol–water partition coefficient (Wildman–Crippen LogP) is -2.37. The number of urea groups is 1. The predicted molar refractivity (Wildman–Crippen MR) is 68.9 cm³/mol. The molecular weight excluding hydrogens is 268 g/mol. The Hall–Kier alpha value is -1.87. The van der Waals surface area contributed by atoms with Crippen molar-refractivity contribution < 1.29 is 24.6 Å². The number of nitrogens with one attached hydrogen (secondary N) is 1. The van der Waals surface area contributed by atoms with Crippen molar-refractivity contribution in [2.75, 3.05) is 39.3 Å². The van der Waals surface area contributed by atoms with Gasteiger partial charge in [0.15, 0.2) is 0 Å². The number of rotatable bonds is 6. The van der Waals surface area contributed by atoms with E-state index in [1.807, 2.05) is 4.90 Å². The second-order valence-corrected chi connectivity index (χ2v) is 4.56. The van der Waals surface area contributed by atoms with Gasteiger partial charge in [-0.15, -0.1) is 0 Å². The standard InChI is InChI=1S/C11H20N4O5/c12-9(17)7-8(10(18)19)13-11(20)15-3-1-14(2-4-15)5-6-16/h8,16H,1-7H2,(H2,12,17)(H,13,20)(H,18,19)/t8-/m1/s1. The third-order valence-electron chi connectivity index (χ3n) is 3.08. The fraction of sp³-hybridized carbons (Fsp3) is 0.727. The summed E-state index contributed by atoms with van der Waals surface area (Å²) in [5.41, 5.74) is 4.94. The van der Waals surface area contributed by atoms with Crippen molar-refractivity contribution in [3.63, 3.8) is 0 Å². The quantitative estimate of drug-likeness (QED) is 0.431. The molecule has 0 aromatic heterocycles. The zero-order valence-electron chi connectivity index (χ0n) is 11.1. The van der Waals surface area contributed by atoms with E-state index in [0.717, 1.165) is 0 Å². The molecule has 1 aliphatic heterocycles. The summed E-state index contributed by atoms with van der Waals surface area (Å²) in [6.07, 6.45) is -0.439. The highest BCUT2D eigenvalue weighted by atomic mass is 16.4. The lowest BCUT2D eigenvalue weighted by molar-refractivity contribution is -0.141. The van der Waals surface area contributed by atoms with Gasteiger partial charge in [0.05, 0.1) is 13.0 Å². The number of aliphatic hydroxyl groups excluding tert-OH is 1. The molecule has 0 unspecified atom stereocenters. The maximum Gasteiger partial charge on any atom is 0.326 e. The summed E-state index contributed by atoms with van der Waals surface area (Å²) >= 11 is 0. The Bertz CT molecular complexity index is 368. The van der Waals surface area contributed by atoms with E-state index in [0.29, 0.717) is 32.7 Å². The molecule has 1 fully saturated rings. The number of aliphatic hydroxyl groups is 1. The number of carbonyl (C=O) groups excluding carboxylic acids is 2. The molecule has 0 aromatic carbocycles. The Labute approximate surface area is 116 Å². The number of piperazine rings is 1. The maximum atomic E-state index is 11.9. The van der Waals surface area contributed by atoms with Gasteiger partial charge in [-0.25, -0.2) is 9.59 Å². The summed E-state index contributed by atoms with van der Waals surface area (Å²) in [6, 6.07) is -1.84. The molecule has 9 nitrogen and oxygen atoms in total. The number of amides is 3. The van der Waals surface area contributed by atoms with Crippen LogP contribution in [0.2, 0.25) is 0 Å². The van der Waals surface area contributed by atoms with Crippen LogP contribution in [0.25, 0.3) is 0 Å². The highest BCUT2D eigenvalue weighted by Gasteiger charge is 2.26. The number of nitrogens with two attached hydrogens (primary N) is 1. The van der Waals surface area contributed by atoms with Gasteiger partial charge < -0.3 is 26.2 Å². The molecule has 3 amide bonds. The van der Waals surface area contributed by atoms with Gasteiger partial charge in [0.2, 0.25) is 5.91 Å². The fourth-order valence-electron chi connectivity index (χ4n) is 1.96. The molecule has 5 N–H and O–H groups in total. The van der Waals surface area contributed by atoms with Crippen LogP contribution in [0.15, 0.2) is 0 Å². The number of nitrogens with zero attached hydrogens (tertiary/aromatic N) is 2. The third kappa shape index (κ3) is 5.02. The molecule has 0 aliphatic carbocycles. The Morgan fingerprint density at radius 2 is 1.80 bits per heavy atom. The van der Waals surface area contributed by atoms with Gasteiger partial charge in [-0.05, 0) is 0 Å². The van der Waals surface area contributed by atoms with Gasteiger partial charge in [-0.3, -0.25) is 9.69 Å². The van der Waals surface area contributed by atoms with Crippen molar-refractivity contribution in [2.24, 2.45) is 5.73 Å². The van der Waals surface area contributed by atoms with Crippen molar-refractivity contribution in [1.82, 2.24) is 15.1 Å². The molecule has 1 atom stereocenters. The number of hydrogen-bond acceptors (Lipinski definition) is 5. The van der Waals surface area contributed by atoms with E-state index in [1.165, 1.54) is 4.90 Å². The Morgan fingerprint density at radius 3 is 2.25 bits per heavy atom. The average molecular weight is 288 g/mol. The van der Waals surface area contributed by atoms with E-state index in [-0.39, 0.29) is 6.61 Å². The molecule has 1 heterocycles. The Balaban J connectivity index is 2.45. The van der Waals surface area contributed by atoms with Gasteiger partial charge in [0.25, 0.3) is 0 Å². The summed E-state index contributed by atoms with van der Waals surface area (Å²) in [6.45, 7) is 2.72. The summed E-state index contributed by atoms with van der Waals surface area (Å²) < 4.78 is 0. The minimum Gasteiger partial charge on any atom is -0.480 e. The molecule has 20 heavy (non-hydrogen) atoms. The van der Waals surface area contributed by atoms with Crippen LogP contribution < -0.4 is 11.1 Å². The van der Waals surface area contributed by atoms with Crippen molar-refractivity contribution in [3.05, 3.63) is 0 Å². The van der Waals surface area contributed by atoms with E-state index in [9.17, 15) is 14.4 Å². The molecule has 1 aliphatic rings. The van der Waals surface area contributed by atoms with E-state index in [4.69, 9.17) is 15.9 Å². The molecular formula is C11H20N4O5. The molecule has 0 radical (unpaired) electrons. The van der Waals surface area contributed by atoms with E-state index in [1.54, 1.807) is 0 Å². The summed E-state index contributed by atoms with van der Waals surface area (Å²) in [4.78, 5) is 37.0. The van der Waals surface area contributed by atoms with E-state index in [2.05, 4.69) is 5.32 Å². The first-order chi connectivity index (χ1) is 9.43. The summed E-state index contributed by atoms with van der Waals surface area (Å²) in [5.74, 6) is -2.08. The molecule has 1 saturated heterocycles. The fourth-order valence-corrected chi connectivity index (χ4v) is 1.96. The van der Waals surface area contributed by atoms with Gasteiger partial charge in [-0.1, -0.05) is 0 Å². The van der Waals surface area contributed by atoms with Crippen LogP contribution in [0.5, 0.6) is 0 Å². The minimum absolute atomic E-state index is 0.0614. The van der Waals surface area contributed by atoms with Crippen LogP contribution in [0.4, 0.5) is 4.79 Å². The SMILES string of the molecule is NC(=O)C[C@@H](NC(=O)N1CCN(CCO)CC1)C(=O)O. The zero-order chi connectivity index (χ0) is 15.1. The molecule has 1 rings (SSSR count). The largest absolute Gasteiger partial charge is 0.480 e. The molecule has 0 aromatic rings. The zero-order valence-corrected chi connectivity index (χ0v) is 11.1. The number of aliphatic carboxylic acids is 1. The van der Waals surface area contributed by atoms with Crippen molar-refractivity contribution >= 4 is 17.9 Å². The van der Waals surface area contributed by atoms with Crippen LogP contribution in [0, 0.1) is 0 Å². The van der Waals surface area contributed by atoms with Crippen LogP contribution in [0.3, 0.4) is 0 Å². The molecule has 114 valence electrons. The second-order valence-electron chi connectivity index (χ2n) is 4.56. The molecule has 0 saturated carbocycles. The minimum atomic E-state index is -1.31. The number of primary amides is 1. The second kappa shape index (κ2) is 7.65. The molecule has 0 spiro atoms. The molecule has 0 bridgehead atoms. The third-order valence-corrected chi connectivity index (χ3v) is 3.08. The summed E-state index contributed by atoms with van der Waals surface area (Å²) in [7, 11) is 0. The van der Waals surface area contributed by atoms with Gasteiger partial charge in [-0.2, -0.15) is 0 Å². The Morgan fingerprint density at radius 1 is 1.20 bits per heavy atom. The summed E-state index contributed by atoms with van der Waals surface area (Å²) in [5, 5.41) is 20.0. The van der Waals surface area contributed by atoms with E-state index < -0.39 is 30.4 Å². The van der Waals surface area contributed by atoms with Crippen LogP contribution in [-0.2, 0) is 9.59 Å². The van der Waals surface area contributed by atoms with Crippen LogP contribution in [-0.4, -0.2) is 83.3 Å². The number of carbonyl (C=O) groups is 3. The van der Waals surface area contributed by atoms with Crippen LogP contribution >= 0.6 is 0 Å². The Kier molecular flexibility index (Phi) is 6.19. The first-order valence-electron chi connectivity index (χ1n) is 6.33. The van der Waals surface area contributed by atoms with Crippen LogP contribution in [0.1, 0.15) is 6.42 Å². The topological polar surface area (TPSA) is 136 Å². The average Bonchev–Trinajstić information content (AvgIpc) is 2.38. The van der Waals surface area contributed by atoms with E-state index >= 15 is 0 Å². The van der Waals surface area contributed by atoms with Gasteiger partial charge in [0.1, 0.15) is 6.04 Å². The van der Waals surface area contributed by atoms with Crippen molar-refractivity contribution in [2.45, 2.75) is 12.5 Å². The highest BCUT2D eigenvalue weighted by molar-refractivity contribution is 5.87. The lowest BCUT2D eigenvalue weighted by Crippen LogP contribution is -2.55.